The maximum Gasteiger partial charge on any atom is 0.0973 e. The van der Waals surface area contributed by atoms with Gasteiger partial charge in [-0.15, -0.1) is 0 Å². The number of pyridine rings is 2. The van der Waals surface area contributed by atoms with E-state index >= 15 is 0 Å². The van der Waals surface area contributed by atoms with Crippen LogP contribution in [-0.4, -0.2) is 29.1 Å². The summed E-state index contributed by atoms with van der Waals surface area (Å²) in [4.78, 5) is 25.6. The smallest absolute Gasteiger partial charge is 0.0973 e. The van der Waals surface area contributed by atoms with E-state index in [2.05, 4.69) is 304 Å². The highest BCUT2D eigenvalue weighted by Gasteiger charge is 2.23. The molecule has 8 heteroatoms. The molecule has 0 atom stereocenters. The highest BCUT2D eigenvalue weighted by molar-refractivity contribution is 6.10. The quantitative estimate of drug-likeness (QED) is 0.129. The molecule has 0 spiro atoms. The van der Waals surface area contributed by atoms with Gasteiger partial charge < -0.3 is 18.9 Å². The average molecular weight is 1130 g/mol. The third-order valence-electron chi connectivity index (χ3n) is 17.2. The average Bonchev–Trinajstić information content (AvgIpc) is 1.83. The minimum Gasteiger partial charge on any atom is -0.309 e. The van der Waals surface area contributed by atoms with Crippen LogP contribution in [0, 0.1) is 0 Å². The summed E-state index contributed by atoms with van der Waals surface area (Å²) in [6.45, 7) is 0. The van der Waals surface area contributed by atoms with Gasteiger partial charge in [0.15, 0.2) is 0 Å². The van der Waals surface area contributed by atoms with Crippen molar-refractivity contribution < 1.29 is 0 Å². The van der Waals surface area contributed by atoms with Crippen LogP contribution < -0.4 is 9.80 Å². The first-order chi connectivity index (χ1) is 43.6. The summed E-state index contributed by atoms with van der Waals surface area (Å²) in [5.41, 5.74) is 21.8. The fourth-order valence-corrected chi connectivity index (χ4v) is 13.1. The normalized spacial score (nSPS) is 11.6. The second-order valence-corrected chi connectivity index (χ2v) is 22.2. The maximum absolute atomic E-state index is 5.56. The summed E-state index contributed by atoms with van der Waals surface area (Å²) in [6.07, 6.45) is 3.74. The van der Waals surface area contributed by atoms with Crippen molar-refractivity contribution in [1.82, 2.24) is 29.1 Å². The zero-order valence-electron chi connectivity index (χ0n) is 47.6. The minimum atomic E-state index is 0.779. The molecule has 0 aliphatic carbocycles. The molecule has 0 aliphatic rings. The Labute approximate surface area is 507 Å². The van der Waals surface area contributed by atoms with Crippen LogP contribution in [0.5, 0.6) is 0 Å². The lowest BCUT2D eigenvalue weighted by molar-refractivity contribution is 1.17. The summed E-state index contributed by atoms with van der Waals surface area (Å²) < 4.78 is 4.72. The van der Waals surface area contributed by atoms with E-state index in [0.717, 1.165) is 112 Å². The molecule has 0 aliphatic heterocycles. The van der Waals surface area contributed by atoms with Crippen molar-refractivity contribution >= 4 is 111 Å². The molecule has 412 valence electrons. The molecule has 0 fully saturated rings. The third kappa shape index (κ3) is 8.53. The number of rotatable bonds is 11. The summed E-state index contributed by atoms with van der Waals surface area (Å²) in [5.74, 6) is 0. The lowest BCUT2D eigenvalue weighted by Crippen LogP contribution is -2.11. The highest BCUT2D eigenvalue weighted by Crippen LogP contribution is 2.44. The molecule has 17 aromatic rings. The molecule has 0 N–H and O–H groups in total. The van der Waals surface area contributed by atoms with Crippen molar-refractivity contribution in [2.45, 2.75) is 0 Å². The number of para-hydroxylation sites is 6. The fraction of sp³-hybridized carbons (Fsp3) is 0. The van der Waals surface area contributed by atoms with E-state index in [9.17, 15) is 0 Å². The van der Waals surface area contributed by atoms with Crippen LogP contribution >= 0.6 is 0 Å². The molecule has 17 rings (SSSR count). The number of aromatic nitrogens is 6. The topological polar surface area (TPSA) is 67.9 Å². The molecular weight excluding hydrogens is 1070 g/mol. The van der Waals surface area contributed by atoms with Crippen molar-refractivity contribution in [3.05, 3.63) is 316 Å². The van der Waals surface area contributed by atoms with Crippen LogP contribution in [0.25, 0.3) is 121 Å². The Hall–Kier alpha value is -12.0. The molecule has 5 heterocycles. The molecule has 0 bridgehead atoms. The Morgan fingerprint density at radius 1 is 0.261 bits per heavy atom. The Bertz CT molecular complexity index is 5380. The molecule has 12 aromatic carbocycles. The van der Waals surface area contributed by atoms with Gasteiger partial charge in [-0.3, -0.25) is 9.97 Å². The van der Waals surface area contributed by atoms with Gasteiger partial charge in [0.1, 0.15) is 0 Å². The molecule has 0 amide bonds. The van der Waals surface area contributed by atoms with E-state index in [0.29, 0.717) is 0 Å². The molecule has 0 saturated heterocycles. The van der Waals surface area contributed by atoms with Gasteiger partial charge in [-0.05, 0) is 145 Å². The highest BCUT2D eigenvalue weighted by atomic mass is 15.2. The zero-order chi connectivity index (χ0) is 58.1. The third-order valence-corrected chi connectivity index (χ3v) is 17.2. The molecule has 0 radical (unpaired) electrons. The van der Waals surface area contributed by atoms with Crippen LogP contribution in [0.3, 0.4) is 0 Å². The predicted octanol–water partition coefficient (Wildman–Crippen LogP) is 20.9. The van der Waals surface area contributed by atoms with E-state index < -0.39 is 0 Å². The van der Waals surface area contributed by atoms with Gasteiger partial charge >= 0.3 is 0 Å². The standard InChI is InChI=1S/C80H52N8/c1-2-16-53(17-3-1)58-36-49-69-70(52-58)84-80(57-34-39-60(40-35-57)86(76-31-13-19-55-21-15-51-82-78(55)76)62-43-47-64(48-44-62)88-73-28-10-6-24-67(73)68-25-7-11-29-74(68)88)79(83-69)56-32-37-59(38-33-56)85(75-30-12-18-54-20-14-50-81-77(54)75)61-41-45-63(46-42-61)87-71-26-8-4-22-65(71)66-23-5-9-27-72(66)87/h1-52H. The molecule has 5 aromatic heterocycles. The van der Waals surface area contributed by atoms with Crippen LogP contribution in [-0.2, 0) is 0 Å². The lowest BCUT2D eigenvalue weighted by Gasteiger charge is -2.27. The zero-order valence-corrected chi connectivity index (χ0v) is 47.6. The van der Waals surface area contributed by atoms with Crippen LogP contribution in [0.1, 0.15) is 0 Å². The Kier molecular flexibility index (Phi) is 12.0. The number of hydrogen-bond acceptors (Lipinski definition) is 6. The van der Waals surface area contributed by atoms with Gasteiger partial charge in [0.2, 0.25) is 0 Å². The Morgan fingerprint density at radius 3 is 1.06 bits per heavy atom. The van der Waals surface area contributed by atoms with Gasteiger partial charge in [-0.1, -0.05) is 170 Å². The number of anilines is 6. The van der Waals surface area contributed by atoms with Gasteiger partial charge in [-0.25, -0.2) is 9.97 Å². The number of nitrogens with zero attached hydrogens (tertiary/aromatic N) is 8. The van der Waals surface area contributed by atoms with E-state index in [1.165, 1.54) is 43.6 Å². The van der Waals surface area contributed by atoms with Crippen LogP contribution in [0.2, 0.25) is 0 Å². The first kappa shape index (κ1) is 50.5. The van der Waals surface area contributed by atoms with Gasteiger partial charge in [0.25, 0.3) is 0 Å². The minimum absolute atomic E-state index is 0.779. The largest absolute Gasteiger partial charge is 0.309 e. The van der Waals surface area contributed by atoms with E-state index in [1.807, 2.05) is 30.6 Å². The second-order valence-electron chi connectivity index (χ2n) is 22.2. The van der Waals surface area contributed by atoms with E-state index in [4.69, 9.17) is 19.9 Å². The molecule has 0 saturated carbocycles. The van der Waals surface area contributed by atoms with E-state index in [1.54, 1.807) is 0 Å². The van der Waals surface area contributed by atoms with Crippen LogP contribution in [0.4, 0.5) is 34.1 Å². The molecule has 88 heavy (non-hydrogen) atoms. The summed E-state index contributed by atoms with van der Waals surface area (Å²) in [6, 6.07) is 108. The SMILES string of the molecule is c1ccc(-c2ccc3nc(-c4ccc(N(c5ccc(-n6c7ccccc7c7ccccc76)cc5)c5cccc6cccnc56)cc4)c(-c4ccc(N(c5ccc(-n6c7ccccc7c7ccccc76)cc5)c5cccc6cccnc56)cc4)nc3c2)cc1. The van der Waals surface area contributed by atoms with E-state index in [-0.39, 0.29) is 0 Å². The van der Waals surface area contributed by atoms with Gasteiger partial charge in [-0.2, -0.15) is 0 Å². The second kappa shape index (κ2) is 21.0. The van der Waals surface area contributed by atoms with Crippen molar-refractivity contribution in [2.75, 3.05) is 9.80 Å². The molecular formula is C80H52N8. The summed E-state index contributed by atoms with van der Waals surface area (Å²) in [7, 11) is 0. The first-order valence-corrected chi connectivity index (χ1v) is 29.7. The van der Waals surface area contributed by atoms with Crippen molar-refractivity contribution in [2.24, 2.45) is 0 Å². The monoisotopic (exact) mass is 1120 g/mol. The number of benzene rings is 12. The van der Waals surface area contributed by atoms with Crippen LogP contribution in [0.15, 0.2) is 316 Å². The Balaban J connectivity index is 0.782. The predicted molar refractivity (Wildman–Crippen MR) is 364 cm³/mol. The molecule has 0 unspecified atom stereocenters. The summed E-state index contributed by atoms with van der Waals surface area (Å²) >= 11 is 0. The fourth-order valence-electron chi connectivity index (χ4n) is 13.1. The van der Waals surface area contributed by atoms with Gasteiger partial charge in [0.05, 0.1) is 66.9 Å². The van der Waals surface area contributed by atoms with Crippen molar-refractivity contribution in [3.8, 4) is 45.0 Å². The lowest BCUT2D eigenvalue weighted by atomic mass is 10.0. The Morgan fingerprint density at radius 2 is 0.625 bits per heavy atom. The van der Waals surface area contributed by atoms with Crippen molar-refractivity contribution in [1.29, 1.82) is 0 Å². The number of fused-ring (bicyclic) bond motifs is 9. The maximum atomic E-state index is 5.56. The molecule has 8 nitrogen and oxygen atoms in total. The number of hydrogen-bond donors (Lipinski definition) is 0. The first-order valence-electron chi connectivity index (χ1n) is 29.7. The summed E-state index contributed by atoms with van der Waals surface area (Å²) in [5, 5.41) is 7.05. The van der Waals surface area contributed by atoms with Gasteiger partial charge in [0, 0.05) is 90.0 Å². The van der Waals surface area contributed by atoms with Crippen molar-refractivity contribution in [3.63, 3.8) is 0 Å².